The summed E-state index contributed by atoms with van der Waals surface area (Å²) in [6.45, 7) is 0.912. The number of guanidine groups is 1. The van der Waals surface area contributed by atoms with Crippen LogP contribution < -0.4 is 11.1 Å². The third-order valence-corrected chi connectivity index (χ3v) is 3.81. The SMILES string of the molecule is NC(=NC1CC2OCCCC12)Nc1ccccc1. The van der Waals surface area contributed by atoms with Crippen LogP contribution in [-0.4, -0.2) is 24.7 Å². The molecule has 3 rings (SSSR count). The molecule has 0 bridgehead atoms. The van der Waals surface area contributed by atoms with Gasteiger partial charge in [-0.1, -0.05) is 18.2 Å². The molecule has 0 radical (unpaired) electrons. The van der Waals surface area contributed by atoms with Crippen molar-refractivity contribution in [3.8, 4) is 0 Å². The Labute approximate surface area is 107 Å². The van der Waals surface area contributed by atoms with E-state index in [-0.39, 0.29) is 0 Å². The van der Waals surface area contributed by atoms with E-state index in [0.717, 1.165) is 25.1 Å². The number of hydrogen-bond acceptors (Lipinski definition) is 2. The van der Waals surface area contributed by atoms with Gasteiger partial charge in [-0.05, 0) is 31.4 Å². The predicted octanol–water partition coefficient (Wildman–Crippen LogP) is 1.98. The number of benzene rings is 1. The topological polar surface area (TPSA) is 59.6 Å². The molecule has 3 unspecified atom stereocenters. The van der Waals surface area contributed by atoms with Gasteiger partial charge in [0.1, 0.15) is 0 Å². The van der Waals surface area contributed by atoms with Gasteiger partial charge in [0.2, 0.25) is 0 Å². The van der Waals surface area contributed by atoms with E-state index >= 15 is 0 Å². The van der Waals surface area contributed by atoms with Crippen LogP contribution in [-0.2, 0) is 4.74 Å². The van der Waals surface area contributed by atoms with E-state index in [4.69, 9.17) is 10.5 Å². The number of ether oxygens (including phenoxy) is 1. The summed E-state index contributed by atoms with van der Waals surface area (Å²) in [6.07, 6.45) is 3.82. The van der Waals surface area contributed by atoms with Crippen LogP contribution in [0.15, 0.2) is 35.3 Å². The number of fused-ring (bicyclic) bond motifs is 1. The van der Waals surface area contributed by atoms with Crippen molar-refractivity contribution in [1.29, 1.82) is 0 Å². The van der Waals surface area contributed by atoms with Crippen molar-refractivity contribution in [2.45, 2.75) is 31.4 Å². The van der Waals surface area contributed by atoms with Gasteiger partial charge in [-0.25, -0.2) is 4.99 Å². The Hall–Kier alpha value is -1.55. The lowest BCUT2D eigenvalue weighted by molar-refractivity contribution is -0.0937. The Kier molecular flexibility index (Phi) is 3.19. The number of hydrogen-bond donors (Lipinski definition) is 2. The first kappa shape index (κ1) is 11.5. The summed E-state index contributed by atoms with van der Waals surface area (Å²) in [6, 6.07) is 10.2. The molecule has 4 nitrogen and oxygen atoms in total. The van der Waals surface area contributed by atoms with Crippen molar-refractivity contribution in [3.05, 3.63) is 30.3 Å². The molecule has 1 heterocycles. The minimum absolute atomic E-state index is 0.339. The fourth-order valence-electron chi connectivity index (χ4n) is 2.79. The van der Waals surface area contributed by atoms with Gasteiger partial charge in [0, 0.05) is 18.2 Å². The van der Waals surface area contributed by atoms with Crippen LogP contribution in [0.25, 0.3) is 0 Å². The summed E-state index contributed by atoms with van der Waals surface area (Å²) in [7, 11) is 0. The zero-order valence-corrected chi connectivity index (χ0v) is 10.4. The van der Waals surface area contributed by atoms with Crippen molar-refractivity contribution in [2.75, 3.05) is 11.9 Å². The number of nitrogens with one attached hydrogen (secondary N) is 1. The second-order valence-corrected chi connectivity index (χ2v) is 5.02. The van der Waals surface area contributed by atoms with Gasteiger partial charge in [-0.3, -0.25) is 0 Å². The molecule has 2 aliphatic rings. The smallest absolute Gasteiger partial charge is 0.193 e. The molecule has 1 aromatic carbocycles. The van der Waals surface area contributed by atoms with E-state index < -0.39 is 0 Å². The van der Waals surface area contributed by atoms with Crippen LogP contribution in [0.5, 0.6) is 0 Å². The summed E-state index contributed by atoms with van der Waals surface area (Å²) in [5, 5.41) is 3.12. The number of aliphatic imine (C=N–C) groups is 1. The zero-order chi connectivity index (χ0) is 12.4. The van der Waals surface area contributed by atoms with Gasteiger partial charge in [0.25, 0.3) is 0 Å². The molecular weight excluding hydrogens is 226 g/mol. The molecule has 0 amide bonds. The molecule has 1 aliphatic heterocycles. The molecule has 1 aliphatic carbocycles. The van der Waals surface area contributed by atoms with Crippen molar-refractivity contribution < 1.29 is 4.74 Å². The van der Waals surface area contributed by atoms with Gasteiger partial charge in [0.05, 0.1) is 12.1 Å². The maximum absolute atomic E-state index is 5.94. The van der Waals surface area contributed by atoms with Crippen LogP contribution >= 0.6 is 0 Å². The Bertz CT molecular complexity index is 432. The second-order valence-electron chi connectivity index (χ2n) is 5.02. The standard InChI is InChI=1S/C14H19N3O/c15-14(16-10-5-2-1-3-6-10)17-12-9-13-11(12)7-4-8-18-13/h1-3,5-6,11-13H,4,7-9H2,(H3,15,16,17). The third-order valence-electron chi connectivity index (χ3n) is 3.81. The predicted molar refractivity (Wildman–Crippen MR) is 72.6 cm³/mol. The average molecular weight is 245 g/mol. The van der Waals surface area contributed by atoms with Crippen LogP contribution in [0.3, 0.4) is 0 Å². The molecule has 2 fully saturated rings. The van der Waals surface area contributed by atoms with Crippen LogP contribution in [0.4, 0.5) is 5.69 Å². The Balaban J connectivity index is 1.59. The lowest BCUT2D eigenvalue weighted by Gasteiger charge is -2.45. The van der Waals surface area contributed by atoms with Crippen LogP contribution in [0.1, 0.15) is 19.3 Å². The molecule has 0 aromatic heterocycles. The van der Waals surface area contributed by atoms with Crippen molar-refractivity contribution in [2.24, 2.45) is 16.6 Å². The molecule has 1 aromatic rings. The third kappa shape index (κ3) is 2.34. The first-order valence-electron chi connectivity index (χ1n) is 6.60. The van der Waals surface area contributed by atoms with Gasteiger partial charge in [0.15, 0.2) is 5.96 Å². The number of rotatable bonds is 2. The summed E-state index contributed by atoms with van der Waals surface area (Å²) >= 11 is 0. The minimum atomic E-state index is 0.339. The van der Waals surface area contributed by atoms with Crippen molar-refractivity contribution in [1.82, 2.24) is 0 Å². The lowest BCUT2D eigenvalue weighted by Crippen LogP contribution is -2.49. The normalized spacial score (nSPS) is 31.3. The molecule has 0 spiro atoms. The maximum atomic E-state index is 5.94. The zero-order valence-electron chi connectivity index (χ0n) is 10.4. The maximum Gasteiger partial charge on any atom is 0.193 e. The fourth-order valence-corrected chi connectivity index (χ4v) is 2.79. The first-order chi connectivity index (χ1) is 8.83. The van der Waals surface area contributed by atoms with E-state index in [2.05, 4.69) is 10.3 Å². The number of nitrogens with two attached hydrogens (primary N) is 1. The van der Waals surface area contributed by atoms with Gasteiger partial charge >= 0.3 is 0 Å². The average Bonchev–Trinajstić information content (AvgIpc) is 2.37. The highest BCUT2D eigenvalue weighted by Crippen LogP contribution is 2.39. The molecule has 18 heavy (non-hydrogen) atoms. The largest absolute Gasteiger partial charge is 0.378 e. The second kappa shape index (κ2) is 4.98. The van der Waals surface area contributed by atoms with E-state index in [1.807, 2.05) is 30.3 Å². The van der Waals surface area contributed by atoms with Gasteiger partial charge < -0.3 is 15.8 Å². The minimum Gasteiger partial charge on any atom is -0.378 e. The number of nitrogens with zero attached hydrogens (tertiary/aromatic N) is 1. The highest BCUT2D eigenvalue weighted by atomic mass is 16.5. The molecule has 1 saturated carbocycles. The molecule has 4 heteroatoms. The summed E-state index contributed by atoms with van der Waals surface area (Å²) < 4.78 is 5.68. The fraction of sp³-hybridized carbons (Fsp3) is 0.500. The monoisotopic (exact) mass is 245 g/mol. The Morgan fingerprint density at radius 1 is 1.33 bits per heavy atom. The first-order valence-corrected chi connectivity index (χ1v) is 6.60. The van der Waals surface area contributed by atoms with Crippen LogP contribution in [0.2, 0.25) is 0 Å². The van der Waals surface area contributed by atoms with Gasteiger partial charge in [-0.15, -0.1) is 0 Å². The molecular formula is C14H19N3O. The van der Waals surface area contributed by atoms with E-state index in [1.54, 1.807) is 0 Å². The van der Waals surface area contributed by atoms with E-state index in [9.17, 15) is 0 Å². The molecule has 3 atom stereocenters. The van der Waals surface area contributed by atoms with Crippen molar-refractivity contribution >= 4 is 11.6 Å². The summed E-state index contributed by atoms with van der Waals surface area (Å²) in [4.78, 5) is 4.57. The van der Waals surface area contributed by atoms with Crippen molar-refractivity contribution in [3.63, 3.8) is 0 Å². The Morgan fingerprint density at radius 3 is 2.94 bits per heavy atom. The number of para-hydroxylation sites is 1. The van der Waals surface area contributed by atoms with E-state index in [0.29, 0.717) is 24.0 Å². The van der Waals surface area contributed by atoms with Crippen LogP contribution in [0, 0.1) is 5.92 Å². The summed E-state index contributed by atoms with van der Waals surface area (Å²) in [5.74, 6) is 1.09. The molecule has 3 N–H and O–H groups in total. The number of anilines is 1. The summed E-state index contributed by atoms with van der Waals surface area (Å²) in [5.41, 5.74) is 6.92. The highest BCUT2D eigenvalue weighted by molar-refractivity contribution is 5.92. The molecule has 96 valence electrons. The van der Waals surface area contributed by atoms with E-state index in [1.165, 1.54) is 6.42 Å². The molecule has 1 saturated heterocycles. The Morgan fingerprint density at radius 2 is 2.17 bits per heavy atom. The van der Waals surface area contributed by atoms with Gasteiger partial charge in [-0.2, -0.15) is 0 Å². The lowest BCUT2D eigenvalue weighted by atomic mass is 9.73. The highest BCUT2D eigenvalue weighted by Gasteiger charge is 2.43. The quantitative estimate of drug-likeness (QED) is 0.618.